The van der Waals surface area contributed by atoms with Gasteiger partial charge in [0.2, 0.25) is 0 Å². The zero-order valence-corrected chi connectivity index (χ0v) is 14.3. The zero-order valence-electron chi connectivity index (χ0n) is 13.5. The smallest absolute Gasteiger partial charge is 0.335 e. The molecule has 2 rings (SSSR count). The second-order valence-electron chi connectivity index (χ2n) is 6.29. The number of carbonyl (C=O) groups is 1. The number of carboxylic acids is 1. The van der Waals surface area contributed by atoms with E-state index in [2.05, 4.69) is 0 Å². The largest absolute Gasteiger partial charge is 0.478 e. The van der Waals surface area contributed by atoms with Crippen molar-refractivity contribution in [2.24, 2.45) is 5.92 Å². The first-order valence-corrected chi connectivity index (χ1v) is 10.0. The summed E-state index contributed by atoms with van der Waals surface area (Å²) in [6.45, 7) is 0. The molecule has 0 radical (unpaired) electrons. The van der Waals surface area contributed by atoms with E-state index in [0.717, 1.165) is 31.9 Å². The molecule has 1 aromatic carbocycles. The van der Waals surface area contributed by atoms with Gasteiger partial charge in [-0.3, -0.25) is 0 Å². The van der Waals surface area contributed by atoms with Gasteiger partial charge in [-0.2, -0.15) is 0 Å². The van der Waals surface area contributed by atoms with Gasteiger partial charge in [0, 0.05) is 6.26 Å². The maximum Gasteiger partial charge on any atom is 0.335 e. The fourth-order valence-electron chi connectivity index (χ4n) is 3.06. The molecule has 0 atom stereocenters. The van der Waals surface area contributed by atoms with Crippen LogP contribution in [0.15, 0.2) is 35.2 Å². The van der Waals surface area contributed by atoms with E-state index in [-0.39, 0.29) is 16.4 Å². The number of rotatable bonds is 4. The summed E-state index contributed by atoms with van der Waals surface area (Å²) in [5.41, 5.74) is 0.836. The van der Waals surface area contributed by atoms with E-state index in [1.165, 1.54) is 31.4 Å². The molecule has 5 heteroatoms. The van der Waals surface area contributed by atoms with Gasteiger partial charge in [0.25, 0.3) is 0 Å². The summed E-state index contributed by atoms with van der Waals surface area (Å²) in [6, 6.07) is 6.11. The van der Waals surface area contributed by atoms with Gasteiger partial charge in [0.1, 0.15) is 0 Å². The van der Waals surface area contributed by atoms with E-state index in [9.17, 15) is 18.3 Å². The summed E-state index contributed by atoms with van der Waals surface area (Å²) in [4.78, 5) is 11.8. The first-order chi connectivity index (χ1) is 10.9. The van der Waals surface area contributed by atoms with Gasteiger partial charge >= 0.3 is 5.97 Å². The Labute approximate surface area is 138 Å². The molecule has 0 saturated heterocycles. The quantitative estimate of drug-likeness (QED) is 0.846. The Morgan fingerprint density at radius 1 is 1.04 bits per heavy atom. The van der Waals surface area contributed by atoms with Gasteiger partial charge in [-0.15, -0.1) is 0 Å². The van der Waals surface area contributed by atoms with Crippen molar-refractivity contribution in [3.05, 3.63) is 35.9 Å². The predicted octanol–water partition coefficient (Wildman–Crippen LogP) is 3.92. The van der Waals surface area contributed by atoms with Crippen LogP contribution in [0, 0.1) is 5.92 Å². The molecule has 23 heavy (non-hydrogen) atoms. The topological polar surface area (TPSA) is 71.4 Å². The molecule has 1 aliphatic rings. The Morgan fingerprint density at radius 3 is 2.04 bits per heavy atom. The minimum atomic E-state index is -3.27. The lowest BCUT2D eigenvalue weighted by atomic mass is 9.88. The number of hydrogen-bond acceptors (Lipinski definition) is 3. The normalized spacial score (nSPS) is 18.2. The molecule has 0 spiro atoms. The van der Waals surface area contributed by atoms with Crippen LogP contribution in [0.5, 0.6) is 0 Å². The van der Waals surface area contributed by atoms with Crippen LogP contribution in [0.4, 0.5) is 0 Å². The van der Waals surface area contributed by atoms with E-state index in [4.69, 9.17) is 0 Å². The van der Waals surface area contributed by atoms with Crippen molar-refractivity contribution < 1.29 is 18.3 Å². The van der Waals surface area contributed by atoms with Gasteiger partial charge in [0.15, 0.2) is 9.84 Å². The van der Waals surface area contributed by atoms with Gasteiger partial charge in [0.05, 0.1) is 10.5 Å². The number of carboxylic acid groups (broad SMARTS) is 1. The van der Waals surface area contributed by atoms with Crippen LogP contribution in [0.3, 0.4) is 0 Å². The van der Waals surface area contributed by atoms with E-state index < -0.39 is 15.8 Å². The van der Waals surface area contributed by atoms with Crippen LogP contribution in [0.1, 0.15) is 50.5 Å². The van der Waals surface area contributed by atoms with Crippen LogP contribution in [0.2, 0.25) is 0 Å². The van der Waals surface area contributed by atoms with Crippen LogP contribution in [-0.4, -0.2) is 25.7 Å². The summed E-state index contributed by atoms with van der Waals surface area (Å²) in [5, 5.41) is 9.53. The SMILES string of the molecule is CS(=O)(=O)c1ccc(C(=CC2CCCCCCC2)C(=O)O)cc1. The highest BCUT2D eigenvalue weighted by Gasteiger charge is 2.16. The third-order valence-electron chi connectivity index (χ3n) is 4.38. The molecule has 1 N–H and O–H groups in total. The molecule has 0 aliphatic heterocycles. The molecule has 126 valence electrons. The highest BCUT2D eigenvalue weighted by molar-refractivity contribution is 7.90. The minimum Gasteiger partial charge on any atom is -0.478 e. The number of allylic oxidation sites excluding steroid dienone is 1. The molecule has 0 heterocycles. The Morgan fingerprint density at radius 2 is 1.57 bits per heavy atom. The van der Waals surface area contributed by atoms with Crippen molar-refractivity contribution >= 4 is 21.4 Å². The fraction of sp³-hybridized carbons (Fsp3) is 0.500. The Hall–Kier alpha value is -1.62. The molecular weight excluding hydrogens is 312 g/mol. The summed E-state index contributed by atoms with van der Waals surface area (Å²) in [5.74, 6) is -0.671. The lowest BCUT2D eigenvalue weighted by Crippen LogP contribution is -2.06. The Kier molecular flexibility index (Phi) is 5.99. The molecule has 0 aromatic heterocycles. The third kappa shape index (κ3) is 5.20. The minimum absolute atomic E-state index is 0.206. The van der Waals surface area contributed by atoms with Gasteiger partial charge < -0.3 is 5.11 Å². The maximum atomic E-state index is 11.6. The first-order valence-electron chi connectivity index (χ1n) is 8.13. The Balaban J connectivity index is 2.26. The predicted molar refractivity (Wildman–Crippen MR) is 91.0 cm³/mol. The number of benzene rings is 1. The van der Waals surface area contributed by atoms with E-state index in [0.29, 0.717) is 5.56 Å². The van der Waals surface area contributed by atoms with E-state index >= 15 is 0 Å². The van der Waals surface area contributed by atoms with Crippen molar-refractivity contribution in [2.75, 3.05) is 6.26 Å². The fourth-order valence-corrected chi connectivity index (χ4v) is 3.69. The molecule has 0 bridgehead atoms. The lowest BCUT2D eigenvalue weighted by Gasteiger charge is -2.17. The van der Waals surface area contributed by atoms with E-state index in [1.807, 2.05) is 6.08 Å². The molecule has 1 fully saturated rings. The summed E-state index contributed by atoms with van der Waals surface area (Å²) < 4.78 is 23.0. The van der Waals surface area contributed by atoms with Crippen molar-refractivity contribution in [1.29, 1.82) is 0 Å². The first kappa shape index (κ1) is 17.7. The van der Waals surface area contributed by atoms with Gasteiger partial charge in [-0.05, 0) is 36.5 Å². The second-order valence-corrected chi connectivity index (χ2v) is 8.30. The molecule has 1 aromatic rings. The molecule has 0 unspecified atom stereocenters. The summed E-state index contributed by atoms with van der Waals surface area (Å²) in [6.07, 6.45) is 11.0. The number of sulfone groups is 1. The maximum absolute atomic E-state index is 11.6. The molecule has 4 nitrogen and oxygen atoms in total. The number of aliphatic carboxylic acids is 1. The summed E-state index contributed by atoms with van der Waals surface area (Å²) in [7, 11) is -3.27. The highest BCUT2D eigenvalue weighted by atomic mass is 32.2. The van der Waals surface area contributed by atoms with E-state index in [1.54, 1.807) is 12.1 Å². The monoisotopic (exact) mass is 336 g/mol. The number of hydrogen-bond donors (Lipinski definition) is 1. The van der Waals surface area contributed by atoms with Crippen molar-refractivity contribution in [1.82, 2.24) is 0 Å². The molecule has 0 amide bonds. The summed E-state index contributed by atoms with van der Waals surface area (Å²) >= 11 is 0. The van der Waals surface area contributed by atoms with Crippen molar-refractivity contribution in [3.8, 4) is 0 Å². The highest BCUT2D eigenvalue weighted by Crippen LogP contribution is 2.27. The molecule has 1 saturated carbocycles. The van der Waals surface area contributed by atoms with Gasteiger partial charge in [-0.25, -0.2) is 13.2 Å². The lowest BCUT2D eigenvalue weighted by molar-refractivity contribution is -0.130. The van der Waals surface area contributed by atoms with Crippen molar-refractivity contribution in [3.63, 3.8) is 0 Å². The average Bonchev–Trinajstić information content (AvgIpc) is 2.45. The average molecular weight is 336 g/mol. The van der Waals surface area contributed by atoms with Crippen LogP contribution in [-0.2, 0) is 14.6 Å². The van der Waals surface area contributed by atoms with Crippen molar-refractivity contribution in [2.45, 2.75) is 49.8 Å². The third-order valence-corrected chi connectivity index (χ3v) is 5.50. The van der Waals surface area contributed by atoms with Crippen LogP contribution < -0.4 is 0 Å². The van der Waals surface area contributed by atoms with Crippen LogP contribution in [0.25, 0.3) is 5.57 Å². The van der Waals surface area contributed by atoms with Gasteiger partial charge in [-0.1, -0.05) is 50.3 Å². The Bertz CT molecular complexity index is 663. The zero-order chi connectivity index (χ0) is 16.9. The van der Waals surface area contributed by atoms with Crippen LogP contribution >= 0.6 is 0 Å². The second kappa shape index (κ2) is 7.77. The molecule has 1 aliphatic carbocycles. The standard InChI is InChI=1S/C18H24O4S/c1-23(21,22)16-11-9-15(10-12-16)17(18(19)20)13-14-7-5-3-2-4-6-8-14/h9-14H,2-8H2,1H3,(H,19,20). The molecular formula is C18H24O4S.